The maximum atomic E-state index is 12.6. The second kappa shape index (κ2) is 54.1. The van der Waals surface area contributed by atoms with Gasteiger partial charge in [0.15, 0.2) is 52.6 Å². The van der Waals surface area contributed by atoms with E-state index in [2.05, 4.69) is 423 Å². The normalized spacial score (nSPS) is 12.6. The van der Waals surface area contributed by atoms with Crippen molar-refractivity contribution in [3.05, 3.63) is 324 Å². The number of nitrogens with one attached hydrogen (secondary N) is 1. The van der Waals surface area contributed by atoms with Crippen molar-refractivity contribution in [1.29, 1.82) is 0 Å². The van der Waals surface area contributed by atoms with Crippen LogP contribution in [0.4, 0.5) is 17.6 Å². The van der Waals surface area contributed by atoms with Gasteiger partial charge in [0.1, 0.15) is 32.8 Å². The van der Waals surface area contributed by atoms with E-state index >= 15 is 0 Å². The van der Waals surface area contributed by atoms with Gasteiger partial charge in [0, 0.05) is 79.5 Å². The van der Waals surface area contributed by atoms with E-state index in [1.807, 2.05) is 75.5 Å². The van der Waals surface area contributed by atoms with Gasteiger partial charge in [0.2, 0.25) is 10.0 Å². The Kier molecular flexibility index (Phi) is 47.2. The van der Waals surface area contributed by atoms with E-state index in [0.717, 1.165) is 115 Å². The molecule has 632 valence electrons. The molecule has 2 fully saturated rings. The standard InChI is InChI=1S/2C18H15S.2C13H14I3NO3.C8H6I3NO3S.C7H2F4O3.C7H3I3O2/c2*1-4-10-16(11-5-1)19(17-12-6-2-7-13-17)18-14-8-3-9-15-18;2*14-9-7-10(12(16)11(15)8-9)13(18)20-6-3-17-1-4-19-5-2-17;1-16(14,15)12-8(13)5-2-4(9)3-6(10)7(5)11;8-2-1(7(13)14)6(12)5(11)4(10)3(2)9;8-3-1-4(7(11)12)6(10)5(9)2-3/h2*1-15H;2*7-8H,1-6H2;2-3H,1H3,(H,12,13);12H,(H,13,14);1-2H,(H,11,12)/q2*+1;;;;;/p-2. The monoisotopic (exact) mass is 3040 g/mol. The van der Waals surface area contributed by atoms with Crippen molar-refractivity contribution in [1.82, 2.24) is 4.90 Å². The number of sulfonamides is 1. The lowest BCUT2D eigenvalue weighted by atomic mass is 10.1. The molecule has 13 rings (SSSR count). The van der Waals surface area contributed by atoms with E-state index in [1.165, 1.54) is 34.3 Å². The highest BCUT2D eigenvalue weighted by Crippen LogP contribution is 2.34. The number of quaternary nitrogens is 1. The Bertz CT molecular complexity index is 4990. The minimum absolute atomic E-state index is 0.0146. The van der Waals surface area contributed by atoms with Gasteiger partial charge in [0.05, 0.1) is 77.1 Å². The summed E-state index contributed by atoms with van der Waals surface area (Å²) in [7, 11) is -3.68. The number of carbonyl (C=O) groups excluding carboxylic acids is 3. The van der Waals surface area contributed by atoms with Gasteiger partial charge in [-0.2, -0.15) is 4.40 Å². The fraction of sp³-hybridized carbons (Fsp3) is 0.155. The van der Waals surface area contributed by atoms with Crippen molar-refractivity contribution in [3.63, 3.8) is 0 Å². The van der Waals surface area contributed by atoms with Crippen molar-refractivity contribution in [2.75, 3.05) is 85.2 Å². The minimum atomic E-state index is -3.65. The molecule has 2 N–H and O–H groups in total. The van der Waals surface area contributed by atoms with Gasteiger partial charge in [-0.25, -0.2) is 40.4 Å². The largest absolute Gasteiger partial charge is 0.870 e. The van der Waals surface area contributed by atoms with Crippen LogP contribution in [0.25, 0.3) is 0 Å². The predicted octanol–water partition coefficient (Wildman–Crippen LogP) is 18.6. The first-order chi connectivity index (χ1) is 57.1. The van der Waals surface area contributed by atoms with Crippen molar-refractivity contribution in [3.8, 4) is 5.75 Å². The number of morpholine rings is 2. The third-order valence-corrected chi connectivity index (χ3v) is 35.7. The average molecular weight is 3040 g/mol. The van der Waals surface area contributed by atoms with Crippen LogP contribution in [-0.2, 0) is 50.8 Å². The zero-order chi connectivity index (χ0) is 87.8. The lowest BCUT2D eigenvalue weighted by Gasteiger charge is -2.26. The molecule has 2 saturated heterocycles. The van der Waals surface area contributed by atoms with Crippen molar-refractivity contribution in [2.24, 2.45) is 4.40 Å². The minimum Gasteiger partial charge on any atom is -0.870 e. The number of carboxylic acids is 2. The zero-order valence-electron chi connectivity index (χ0n) is 62.3. The van der Waals surface area contributed by atoms with Gasteiger partial charge in [-0.05, 0) is 392 Å². The van der Waals surface area contributed by atoms with Gasteiger partial charge in [-0.15, -0.1) is 0 Å². The molecule has 120 heavy (non-hydrogen) atoms. The number of hydrogen-bond donors (Lipinski definition) is 2. The second-order valence-corrected chi connectivity index (χ2v) is 44.2. The fourth-order valence-electron chi connectivity index (χ4n) is 10.4. The van der Waals surface area contributed by atoms with E-state index in [-0.39, 0.29) is 39.3 Å². The van der Waals surface area contributed by atoms with E-state index in [4.69, 9.17) is 24.1 Å². The number of esters is 2. The molecule has 0 radical (unpaired) electrons. The number of halogens is 16. The smallest absolute Gasteiger partial charge is 0.339 e. The van der Waals surface area contributed by atoms with Gasteiger partial charge in [0.25, 0.3) is 0 Å². The molecular formula is C84H67F4I12N3O14S3. The summed E-state index contributed by atoms with van der Waals surface area (Å²) in [5.74, 6) is -15.6. The molecule has 0 amide bonds. The first kappa shape index (κ1) is 105. The summed E-state index contributed by atoms with van der Waals surface area (Å²) >= 11 is 25.7. The number of aromatic carboxylic acids is 2. The lowest BCUT2D eigenvalue weighted by molar-refractivity contribution is -0.908. The molecule has 0 atom stereocenters. The van der Waals surface area contributed by atoms with Crippen LogP contribution in [0.1, 0.15) is 47.0 Å². The molecule has 11 aromatic rings. The number of carbonyl (C=O) groups is 4. The van der Waals surface area contributed by atoms with Crippen LogP contribution >= 0.6 is 271 Å². The average Bonchev–Trinajstić information content (AvgIpc) is 0.797. The summed E-state index contributed by atoms with van der Waals surface area (Å²) in [5.41, 5.74) is 0.165. The summed E-state index contributed by atoms with van der Waals surface area (Å²) in [6.07, 6.45) is 0.899. The van der Waals surface area contributed by atoms with Crippen molar-refractivity contribution >= 4 is 333 Å². The SMILES string of the molecule is CS(=O)(=O)N=C([O-])c1cc(I)cc(I)c1I.O=C(O)c1c([O-])c(F)c(F)c(F)c1F.O=C(OCCN1CCOCC1)c1cc(I)cc(I)c1I.O=C(OCC[NH+]1CCOCC1)c1cc(I)cc(I)c1I.O=C([O-])c1cc(I)cc(I)c1I.c1ccc([S+](c2ccccc2)c2ccccc2)cc1.c1ccc([S+](c2ccccc2)c2ccccc2)cc1. The molecular weight excluding hydrogens is 2970 g/mol. The molecule has 0 aliphatic carbocycles. The van der Waals surface area contributed by atoms with Gasteiger partial charge >= 0.3 is 17.9 Å². The summed E-state index contributed by atoms with van der Waals surface area (Å²) in [6.45, 7) is 9.47. The maximum Gasteiger partial charge on any atom is 0.339 e. The fourth-order valence-corrected chi connectivity index (χ4v) is 24.6. The molecule has 2 aliphatic rings. The van der Waals surface area contributed by atoms with Crippen LogP contribution in [-0.4, -0.2) is 133 Å². The molecule has 0 saturated carbocycles. The first-order valence-corrected chi connectivity index (χ1v) is 52.3. The van der Waals surface area contributed by atoms with Crippen LogP contribution in [0.15, 0.2) is 264 Å². The highest BCUT2D eigenvalue weighted by Gasteiger charge is 2.30. The van der Waals surface area contributed by atoms with Crippen LogP contribution in [0, 0.1) is 66.1 Å². The van der Waals surface area contributed by atoms with E-state index in [1.54, 1.807) is 12.1 Å². The Balaban J connectivity index is 0.000000194. The third kappa shape index (κ3) is 34.2. The molecule has 36 heteroatoms. The van der Waals surface area contributed by atoms with Crippen LogP contribution in [0.3, 0.4) is 0 Å². The van der Waals surface area contributed by atoms with Crippen LogP contribution in [0.2, 0.25) is 0 Å². The summed E-state index contributed by atoms with van der Waals surface area (Å²) in [6, 6.07) is 79.2. The zero-order valence-corrected chi connectivity index (χ0v) is 90.7. The number of ether oxygens (including phenoxy) is 4. The molecule has 0 bridgehead atoms. The molecule has 11 aromatic carbocycles. The van der Waals surface area contributed by atoms with E-state index < -0.39 is 62.4 Å². The topological polar surface area (TPSA) is 249 Å². The highest BCUT2D eigenvalue weighted by atomic mass is 127. The Morgan fingerprint density at radius 1 is 0.450 bits per heavy atom. The molecule has 2 aliphatic heterocycles. The molecule has 17 nitrogen and oxygen atoms in total. The summed E-state index contributed by atoms with van der Waals surface area (Å²) < 4.78 is 107. The maximum absolute atomic E-state index is 12.6. The molecule has 2 heterocycles. The van der Waals surface area contributed by atoms with Gasteiger partial charge in [-0.1, -0.05) is 115 Å². The second-order valence-electron chi connectivity index (χ2n) is 24.5. The van der Waals surface area contributed by atoms with Crippen LogP contribution < -0.4 is 20.2 Å². The number of hydrogen-bond acceptors (Lipinski definition) is 14. The van der Waals surface area contributed by atoms with Gasteiger partial charge in [-0.3, -0.25) is 4.90 Å². The van der Waals surface area contributed by atoms with E-state index in [0.29, 0.717) is 29.9 Å². The third-order valence-electron chi connectivity index (χ3n) is 16.1. The predicted molar refractivity (Wildman–Crippen MR) is 554 cm³/mol. The van der Waals surface area contributed by atoms with Crippen molar-refractivity contribution in [2.45, 2.75) is 29.4 Å². The van der Waals surface area contributed by atoms with Crippen LogP contribution in [0.5, 0.6) is 5.75 Å². The number of benzene rings is 11. The van der Waals surface area contributed by atoms with Gasteiger partial charge < -0.3 is 49.1 Å². The van der Waals surface area contributed by atoms with E-state index in [9.17, 15) is 60.5 Å². The Hall–Kier alpha value is -2.46. The Labute approximate surface area is 862 Å². The number of carboxylic acid groups (broad SMARTS) is 2. The number of rotatable bonds is 18. The lowest BCUT2D eigenvalue weighted by Crippen LogP contribution is -3.14. The summed E-state index contributed by atoms with van der Waals surface area (Å²) in [5, 5.41) is 41.0. The number of nitrogens with zero attached hydrogens (tertiary/aromatic N) is 2. The molecule has 0 spiro atoms. The van der Waals surface area contributed by atoms with Crippen molar-refractivity contribution < 1.29 is 89.4 Å². The quantitative estimate of drug-likeness (QED) is 0.0118. The Morgan fingerprint density at radius 3 is 1.08 bits per heavy atom. The first-order valence-electron chi connectivity index (χ1n) is 35.0. The molecule has 0 aromatic heterocycles. The Morgan fingerprint density at radius 2 is 0.750 bits per heavy atom. The summed E-state index contributed by atoms with van der Waals surface area (Å²) in [4.78, 5) is 56.9. The molecule has 0 unspecified atom stereocenters. The highest BCUT2D eigenvalue weighted by molar-refractivity contribution is 14.1.